The molecule has 58 heavy (non-hydrogen) atoms. The van der Waals surface area contributed by atoms with Gasteiger partial charge in [-0.1, -0.05) is 189 Å². The van der Waals surface area contributed by atoms with Crippen molar-refractivity contribution < 1.29 is 28.6 Å². The molecule has 0 aliphatic carbocycles. The minimum atomic E-state index is -0.801. The normalized spacial score (nSPS) is 12.9. The fourth-order valence-corrected chi connectivity index (χ4v) is 5.94. The maximum atomic E-state index is 12.7. The van der Waals surface area contributed by atoms with E-state index in [1.54, 1.807) is 0 Å². The number of unbranched alkanes of at least 4 members (excludes halogenated alkanes) is 17. The molecular weight excluding hydrogens is 721 g/mol. The number of ether oxygens (including phenoxy) is 3. The summed E-state index contributed by atoms with van der Waals surface area (Å²) in [7, 11) is 0. The van der Waals surface area contributed by atoms with E-state index < -0.39 is 6.10 Å². The molecule has 0 rings (SSSR count). The first-order valence-corrected chi connectivity index (χ1v) is 23.3. The molecule has 0 fully saturated rings. The van der Waals surface area contributed by atoms with Gasteiger partial charge in [0.25, 0.3) is 0 Å². The highest BCUT2D eigenvalue weighted by Crippen LogP contribution is 2.13. The van der Waals surface area contributed by atoms with Crippen LogP contribution in [-0.4, -0.2) is 37.2 Å². The Kier molecular flexibility index (Phi) is 43.1. The van der Waals surface area contributed by atoms with Crippen LogP contribution in [0.5, 0.6) is 0 Å². The van der Waals surface area contributed by atoms with Gasteiger partial charge >= 0.3 is 17.9 Å². The molecule has 1 unspecified atom stereocenters. The third-order valence-electron chi connectivity index (χ3n) is 9.43. The molecule has 0 aromatic heterocycles. The molecule has 0 saturated carbocycles. The average Bonchev–Trinajstić information content (AvgIpc) is 3.22. The SMILES string of the molecule is CC\C=C/C=C\C=C/C=C\CCCCCCCC(=O)OCC(COC(=O)CCCCC/C=C\C=C/CCCC)OC(=O)CCCCCCCCC/C=C\C/C=C\CC. The molecule has 0 amide bonds. The number of esters is 3. The van der Waals surface area contributed by atoms with Crippen LogP contribution in [0, 0.1) is 0 Å². The maximum absolute atomic E-state index is 12.7. The van der Waals surface area contributed by atoms with Crippen molar-refractivity contribution in [1.29, 1.82) is 0 Å². The van der Waals surface area contributed by atoms with Crippen LogP contribution in [0.2, 0.25) is 0 Å². The minimum absolute atomic E-state index is 0.103. The number of allylic oxidation sites excluding steroid dienone is 16. The molecule has 0 N–H and O–H groups in total. The maximum Gasteiger partial charge on any atom is 0.306 e. The highest BCUT2D eigenvalue weighted by Gasteiger charge is 2.19. The average molecular weight is 805 g/mol. The summed E-state index contributed by atoms with van der Waals surface area (Å²) in [5.74, 6) is -0.970. The van der Waals surface area contributed by atoms with Crippen molar-refractivity contribution in [3.63, 3.8) is 0 Å². The van der Waals surface area contributed by atoms with E-state index in [0.29, 0.717) is 19.3 Å². The zero-order valence-electron chi connectivity index (χ0n) is 37.3. The van der Waals surface area contributed by atoms with Gasteiger partial charge in [-0.05, 0) is 83.5 Å². The minimum Gasteiger partial charge on any atom is -0.462 e. The Morgan fingerprint density at radius 3 is 1.28 bits per heavy atom. The Bertz CT molecular complexity index is 1200. The largest absolute Gasteiger partial charge is 0.462 e. The molecule has 0 aliphatic rings. The summed E-state index contributed by atoms with van der Waals surface area (Å²) in [5.41, 5.74) is 0. The van der Waals surface area contributed by atoms with Crippen LogP contribution in [0.3, 0.4) is 0 Å². The Morgan fingerprint density at radius 1 is 0.379 bits per heavy atom. The van der Waals surface area contributed by atoms with Crippen molar-refractivity contribution in [1.82, 2.24) is 0 Å². The third-order valence-corrected chi connectivity index (χ3v) is 9.43. The summed E-state index contributed by atoms with van der Waals surface area (Å²) in [6.45, 7) is 6.26. The second-order valence-electron chi connectivity index (χ2n) is 15.0. The van der Waals surface area contributed by atoms with Crippen molar-refractivity contribution >= 4 is 17.9 Å². The van der Waals surface area contributed by atoms with Gasteiger partial charge in [0.05, 0.1) is 0 Å². The molecular formula is C52H84O6. The summed E-state index contributed by atoms with van der Waals surface area (Å²) < 4.78 is 16.7. The van der Waals surface area contributed by atoms with E-state index >= 15 is 0 Å². The monoisotopic (exact) mass is 805 g/mol. The summed E-state index contributed by atoms with van der Waals surface area (Å²) in [6.07, 6.45) is 59.6. The van der Waals surface area contributed by atoms with Crippen LogP contribution < -0.4 is 0 Å². The van der Waals surface area contributed by atoms with Crippen molar-refractivity contribution in [3.05, 3.63) is 97.2 Å². The topological polar surface area (TPSA) is 78.9 Å². The lowest BCUT2D eigenvalue weighted by molar-refractivity contribution is -0.167. The van der Waals surface area contributed by atoms with E-state index in [4.69, 9.17) is 14.2 Å². The molecule has 0 saturated heterocycles. The van der Waals surface area contributed by atoms with E-state index in [0.717, 1.165) is 116 Å². The highest BCUT2D eigenvalue weighted by atomic mass is 16.6. The zero-order valence-corrected chi connectivity index (χ0v) is 37.3. The molecule has 0 aliphatic heterocycles. The summed E-state index contributed by atoms with van der Waals surface area (Å²) in [6, 6.07) is 0. The van der Waals surface area contributed by atoms with Crippen LogP contribution in [0.15, 0.2) is 97.2 Å². The standard InChI is InChI=1S/C52H84O6/c1-4-7-10-13-16-19-22-24-26-28-30-33-36-39-42-45-51(54)57-48-49(47-56-50(53)44-41-38-35-32-29-21-18-15-12-9-6-3)58-52(55)46-43-40-37-34-31-27-25-23-20-17-14-11-8-5-2/h7-8,10-11,13,15-22,24,26,29,49H,4-6,9,12,14,23,25,27-28,30-48H2,1-3H3/b10-7-,11-8-,16-13-,18-15-,20-17-,22-19-,26-24-,29-21-. The van der Waals surface area contributed by atoms with Gasteiger partial charge in [0, 0.05) is 19.3 Å². The molecule has 0 aromatic rings. The Labute approximate surface area is 356 Å². The number of rotatable bonds is 40. The van der Waals surface area contributed by atoms with E-state index in [1.165, 1.54) is 38.5 Å². The van der Waals surface area contributed by atoms with Crippen molar-refractivity contribution in [2.45, 2.75) is 200 Å². The zero-order chi connectivity index (χ0) is 42.3. The second kappa shape index (κ2) is 46.0. The van der Waals surface area contributed by atoms with Gasteiger partial charge in [-0.15, -0.1) is 0 Å². The van der Waals surface area contributed by atoms with Gasteiger partial charge < -0.3 is 14.2 Å². The first kappa shape index (κ1) is 54.3. The molecule has 6 nitrogen and oxygen atoms in total. The molecule has 0 radical (unpaired) electrons. The first-order valence-electron chi connectivity index (χ1n) is 23.3. The molecule has 328 valence electrons. The third kappa shape index (κ3) is 43.5. The Balaban J connectivity index is 4.48. The lowest BCUT2D eigenvalue weighted by Gasteiger charge is -2.18. The predicted octanol–water partition coefficient (Wildman–Crippen LogP) is 15.0. The number of hydrogen-bond acceptors (Lipinski definition) is 6. The Morgan fingerprint density at radius 2 is 0.759 bits per heavy atom. The molecule has 6 heteroatoms. The number of carbonyl (C=O) groups is 3. The molecule has 0 aromatic carbocycles. The fourth-order valence-electron chi connectivity index (χ4n) is 5.94. The highest BCUT2D eigenvalue weighted by molar-refractivity contribution is 5.71. The van der Waals surface area contributed by atoms with Gasteiger partial charge in [-0.2, -0.15) is 0 Å². The number of carbonyl (C=O) groups excluding carboxylic acids is 3. The lowest BCUT2D eigenvalue weighted by Crippen LogP contribution is -2.30. The quantitative estimate of drug-likeness (QED) is 0.0202. The van der Waals surface area contributed by atoms with Gasteiger partial charge in [0.2, 0.25) is 0 Å². The first-order chi connectivity index (χ1) is 28.5. The second-order valence-corrected chi connectivity index (χ2v) is 15.0. The van der Waals surface area contributed by atoms with Crippen molar-refractivity contribution in [3.8, 4) is 0 Å². The van der Waals surface area contributed by atoms with E-state index in [2.05, 4.69) is 93.7 Å². The Hall–Kier alpha value is -3.67. The molecule has 1 atom stereocenters. The molecule has 0 bridgehead atoms. The molecule has 0 heterocycles. The van der Waals surface area contributed by atoms with Gasteiger partial charge in [-0.25, -0.2) is 0 Å². The number of hydrogen-bond donors (Lipinski definition) is 0. The van der Waals surface area contributed by atoms with Crippen molar-refractivity contribution in [2.24, 2.45) is 0 Å². The smallest absolute Gasteiger partial charge is 0.306 e. The van der Waals surface area contributed by atoms with Crippen molar-refractivity contribution in [2.75, 3.05) is 13.2 Å². The van der Waals surface area contributed by atoms with E-state index in [-0.39, 0.29) is 31.1 Å². The van der Waals surface area contributed by atoms with Gasteiger partial charge in [0.15, 0.2) is 6.10 Å². The predicted molar refractivity (Wildman–Crippen MR) is 247 cm³/mol. The van der Waals surface area contributed by atoms with Crippen LogP contribution in [0.1, 0.15) is 194 Å². The van der Waals surface area contributed by atoms with E-state index in [9.17, 15) is 14.4 Å². The lowest BCUT2D eigenvalue weighted by atomic mass is 10.1. The summed E-state index contributed by atoms with van der Waals surface area (Å²) in [4.78, 5) is 37.8. The van der Waals surface area contributed by atoms with Crippen LogP contribution >= 0.6 is 0 Å². The van der Waals surface area contributed by atoms with Crippen LogP contribution in [-0.2, 0) is 28.6 Å². The fraction of sp³-hybridized carbons (Fsp3) is 0.635. The van der Waals surface area contributed by atoms with Crippen LogP contribution in [0.25, 0.3) is 0 Å². The summed E-state index contributed by atoms with van der Waals surface area (Å²) >= 11 is 0. The summed E-state index contributed by atoms with van der Waals surface area (Å²) in [5, 5.41) is 0. The molecule has 0 spiro atoms. The van der Waals surface area contributed by atoms with Gasteiger partial charge in [0.1, 0.15) is 13.2 Å². The van der Waals surface area contributed by atoms with E-state index in [1.807, 2.05) is 24.3 Å². The van der Waals surface area contributed by atoms with Gasteiger partial charge in [-0.3, -0.25) is 14.4 Å². The van der Waals surface area contributed by atoms with Crippen LogP contribution in [0.4, 0.5) is 0 Å².